The summed E-state index contributed by atoms with van der Waals surface area (Å²) in [6.07, 6.45) is 0. The zero-order valence-electron chi connectivity index (χ0n) is 6.45. The highest BCUT2D eigenvalue weighted by atomic mass is 16.1. The Balaban J connectivity index is 2.85. The Kier molecular flexibility index (Phi) is 2.39. The molecule has 2 N–H and O–H groups in total. The van der Waals surface area contributed by atoms with Crippen LogP contribution in [0.2, 0.25) is 0 Å². The highest BCUT2D eigenvalue weighted by molar-refractivity contribution is 5.82. The minimum atomic E-state index is -0.462. The van der Waals surface area contributed by atoms with Gasteiger partial charge in [-0.05, 0) is 12.5 Å². The van der Waals surface area contributed by atoms with Crippen LogP contribution in [0.4, 0.5) is 0 Å². The van der Waals surface area contributed by atoms with Crippen molar-refractivity contribution < 1.29 is 4.79 Å². The smallest absolute Gasteiger partial charge is 0.150 e. The molecular formula is C9H11NO. The Bertz CT molecular complexity index is 243. The lowest BCUT2D eigenvalue weighted by Gasteiger charge is -2.06. The average molecular weight is 149 g/mol. The van der Waals surface area contributed by atoms with E-state index >= 15 is 0 Å². The quantitative estimate of drug-likeness (QED) is 0.688. The highest BCUT2D eigenvalue weighted by Crippen LogP contribution is 2.09. The van der Waals surface area contributed by atoms with Crippen molar-refractivity contribution in [3.05, 3.63) is 35.9 Å². The Morgan fingerprint density at radius 3 is 2.36 bits per heavy atom. The predicted octanol–water partition coefficient (Wildman–Crippen LogP) is 1.28. The molecule has 1 aromatic rings. The molecule has 1 aromatic carbocycles. The van der Waals surface area contributed by atoms with E-state index in [1.807, 2.05) is 30.3 Å². The largest absolute Gasteiger partial charge is 0.318 e. The van der Waals surface area contributed by atoms with Crippen LogP contribution in [0.25, 0.3) is 0 Å². The second-order valence-electron chi connectivity index (χ2n) is 2.50. The minimum absolute atomic E-state index is 0.00352. The second-order valence-corrected chi connectivity index (χ2v) is 2.50. The fraction of sp³-hybridized carbons (Fsp3) is 0.222. The third-order valence-corrected chi connectivity index (χ3v) is 1.60. The van der Waals surface area contributed by atoms with Gasteiger partial charge < -0.3 is 5.73 Å². The van der Waals surface area contributed by atoms with E-state index in [-0.39, 0.29) is 5.78 Å². The van der Waals surface area contributed by atoms with E-state index in [4.69, 9.17) is 5.73 Å². The lowest BCUT2D eigenvalue weighted by Crippen LogP contribution is -2.18. The van der Waals surface area contributed by atoms with E-state index in [1.165, 1.54) is 6.92 Å². The van der Waals surface area contributed by atoms with Crippen molar-refractivity contribution in [1.82, 2.24) is 0 Å². The zero-order valence-corrected chi connectivity index (χ0v) is 6.45. The number of hydrogen-bond donors (Lipinski definition) is 1. The van der Waals surface area contributed by atoms with Crippen LogP contribution in [0.1, 0.15) is 18.5 Å². The summed E-state index contributed by atoms with van der Waals surface area (Å²) in [4.78, 5) is 10.8. The number of benzene rings is 1. The van der Waals surface area contributed by atoms with Gasteiger partial charge in [-0.3, -0.25) is 4.79 Å². The fourth-order valence-electron chi connectivity index (χ4n) is 0.895. The van der Waals surface area contributed by atoms with E-state index in [1.54, 1.807) is 0 Å². The van der Waals surface area contributed by atoms with Gasteiger partial charge >= 0.3 is 0 Å². The van der Waals surface area contributed by atoms with Crippen LogP contribution in [-0.2, 0) is 4.79 Å². The molecule has 0 aliphatic rings. The molecule has 0 bridgehead atoms. The lowest BCUT2D eigenvalue weighted by molar-refractivity contribution is -0.118. The number of nitrogens with two attached hydrogens (primary N) is 1. The van der Waals surface area contributed by atoms with Crippen LogP contribution in [0, 0.1) is 0 Å². The molecular weight excluding hydrogens is 138 g/mol. The first-order valence-electron chi connectivity index (χ1n) is 3.53. The number of ketones is 1. The third kappa shape index (κ3) is 1.88. The molecule has 0 aliphatic heterocycles. The normalized spacial score (nSPS) is 12.5. The third-order valence-electron chi connectivity index (χ3n) is 1.60. The molecule has 1 rings (SSSR count). The molecule has 0 saturated carbocycles. The topological polar surface area (TPSA) is 43.1 Å². The first kappa shape index (κ1) is 7.95. The maximum absolute atomic E-state index is 10.8. The van der Waals surface area contributed by atoms with Crippen molar-refractivity contribution in [3.8, 4) is 0 Å². The molecule has 2 nitrogen and oxygen atoms in total. The first-order valence-corrected chi connectivity index (χ1v) is 3.53. The highest BCUT2D eigenvalue weighted by Gasteiger charge is 2.08. The Labute approximate surface area is 66.0 Å². The Morgan fingerprint density at radius 2 is 1.91 bits per heavy atom. The zero-order chi connectivity index (χ0) is 8.27. The lowest BCUT2D eigenvalue weighted by atomic mass is 10.1. The van der Waals surface area contributed by atoms with E-state index in [0.717, 1.165) is 5.56 Å². The van der Waals surface area contributed by atoms with Crippen molar-refractivity contribution in [2.45, 2.75) is 13.0 Å². The van der Waals surface area contributed by atoms with Gasteiger partial charge in [0, 0.05) is 0 Å². The van der Waals surface area contributed by atoms with Crippen LogP contribution < -0.4 is 5.73 Å². The summed E-state index contributed by atoms with van der Waals surface area (Å²) in [5, 5.41) is 0. The maximum atomic E-state index is 10.8. The Morgan fingerprint density at radius 1 is 1.36 bits per heavy atom. The summed E-state index contributed by atoms with van der Waals surface area (Å²) < 4.78 is 0. The molecule has 0 aromatic heterocycles. The van der Waals surface area contributed by atoms with Gasteiger partial charge in [0.25, 0.3) is 0 Å². The SMILES string of the molecule is CC(=O)[C@@H](N)c1ccccc1. The summed E-state index contributed by atoms with van der Waals surface area (Å²) in [7, 11) is 0. The number of carbonyl (C=O) groups excluding carboxylic acids is 1. The van der Waals surface area contributed by atoms with Gasteiger partial charge in [0.2, 0.25) is 0 Å². The average Bonchev–Trinajstić information content (AvgIpc) is 2.05. The van der Waals surface area contributed by atoms with Crippen molar-refractivity contribution in [2.24, 2.45) is 5.73 Å². The molecule has 0 radical (unpaired) electrons. The fourth-order valence-corrected chi connectivity index (χ4v) is 0.895. The van der Waals surface area contributed by atoms with E-state index in [2.05, 4.69) is 0 Å². The van der Waals surface area contributed by atoms with E-state index in [9.17, 15) is 4.79 Å². The Hall–Kier alpha value is -1.15. The van der Waals surface area contributed by atoms with Crippen molar-refractivity contribution in [3.63, 3.8) is 0 Å². The molecule has 0 saturated heterocycles. The monoisotopic (exact) mass is 149 g/mol. The van der Waals surface area contributed by atoms with Crippen molar-refractivity contribution >= 4 is 5.78 Å². The summed E-state index contributed by atoms with van der Waals surface area (Å²) in [5.74, 6) is -0.00352. The van der Waals surface area contributed by atoms with Gasteiger partial charge in [-0.15, -0.1) is 0 Å². The second kappa shape index (κ2) is 3.30. The molecule has 58 valence electrons. The van der Waals surface area contributed by atoms with Crippen LogP contribution in [0.3, 0.4) is 0 Å². The van der Waals surface area contributed by atoms with Crippen LogP contribution in [0.5, 0.6) is 0 Å². The van der Waals surface area contributed by atoms with Gasteiger partial charge in [-0.2, -0.15) is 0 Å². The summed E-state index contributed by atoms with van der Waals surface area (Å²) in [6.45, 7) is 1.50. The van der Waals surface area contributed by atoms with Crippen LogP contribution in [-0.4, -0.2) is 5.78 Å². The van der Waals surface area contributed by atoms with Crippen molar-refractivity contribution in [2.75, 3.05) is 0 Å². The number of carbonyl (C=O) groups is 1. The molecule has 0 heterocycles. The van der Waals surface area contributed by atoms with Gasteiger partial charge in [0.05, 0.1) is 6.04 Å². The van der Waals surface area contributed by atoms with Crippen LogP contribution in [0.15, 0.2) is 30.3 Å². The van der Waals surface area contributed by atoms with Crippen molar-refractivity contribution in [1.29, 1.82) is 0 Å². The van der Waals surface area contributed by atoms with Crippen LogP contribution >= 0.6 is 0 Å². The molecule has 11 heavy (non-hydrogen) atoms. The standard InChI is InChI=1S/C9H11NO/c1-7(11)9(10)8-5-3-2-4-6-8/h2-6,9H,10H2,1H3/t9-/m1/s1. The minimum Gasteiger partial charge on any atom is -0.318 e. The van der Waals surface area contributed by atoms with E-state index in [0.29, 0.717) is 0 Å². The number of Topliss-reactive ketones (excluding diaryl/α,β-unsaturated/α-hetero) is 1. The summed E-state index contributed by atoms with van der Waals surface area (Å²) >= 11 is 0. The maximum Gasteiger partial charge on any atom is 0.150 e. The molecule has 0 unspecified atom stereocenters. The molecule has 0 spiro atoms. The van der Waals surface area contributed by atoms with Gasteiger partial charge in [0.15, 0.2) is 5.78 Å². The van der Waals surface area contributed by atoms with Gasteiger partial charge in [0.1, 0.15) is 0 Å². The van der Waals surface area contributed by atoms with Gasteiger partial charge in [-0.25, -0.2) is 0 Å². The van der Waals surface area contributed by atoms with E-state index < -0.39 is 6.04 Å². The number of rotatable bonds is 2. The molecule has 0 amide bonds. The molecule has 1 atom stereocenters. The first-order chi connectivity index (χ1) is 5.22. The van der Waals surface area contributed by atoms with Gasteiger partial charge in [-0.1, -0.05) is 30.3 Å². The number of hydrogen-bond acceptors (Lipinski definition) is 2. The predicted molar refractivity (Wildman–Crippen MR) is 44.1 cm³/mol. The molecule has 0 fully saturated rings. The summed E-state index contributed by atoms with van der Waals surface area (Å²) in [6, 6.07) is 8.89. The summed E-state index contributed by atoms with van der Waals surface area (Å²) in [5.41, 5.74) is 6.46. The molecule has 2 heteroatoms. The molecule has 0 aliphatic carbocycles.